The van der Waals surface area contributed by atoms with E-state index in [0.717, 1.165) is 25.9 Å². The number of carbonyl (C=O) groups is 1. The maximum atomic E-state index is 11.1. The fourth-order valence-electron chi connectivity index (χ4n) is 2.09. The smallest absolute Gasteiger partial charge is 0.294 e. The molecule has 0 bridgehead atoms. The minimum Gasteiger partial charge on any atom is -0.365 e. The number of carbonyl (C=O) groups excluding carboxylic acids is 1. The van der Waals surface area contributed by atoms with Crippen molar-refractivity contribution in [1.29, 1.82) is 0 Å². The SMILES string of the molecule is O=C(Cl)c1cc(Cl)c(N2CCCC2)c([N+](=O)[O-])c1. The van der Waals surface area contributed by atoms with Gasteiger partial charge in [-0.25, -0.2) is 0 Å². The van der Waals surface area contributed by atoms with Gasteiger partial charge in [-0.05, 0) is 30.5 Å². The van der Waals surface area contributed by atoms with Crippen LogP contribution in [0, 0.1) is 10.1 Å². The minimum absolute atomic E-state index is 0.0383. The van der Waals surface area contributed by atoms with Gasteiger partial charge in [-0.3, -0.25) is 14.9 Å². The number of nitrogens with zero attached hydrogens (tertiary/aromatic N) is 2. The van der Waals surface area contributed by atoms with E-state index < -0.39 is 10.2 Å². The molecule has 0 aromatic heterocycles. The Morgan fingerprint density at radius 1 is 1.33 bits per heavy atom. The van der Waals surface area contributed by atoms with Crippen molar-refractivity contribution < 1.29 is 9.72 Å². The molecule has 1 fully saturated rings. The fraction of sp³-hybridized carbons (Fsp3) is 0.364. The predicted molar refractivity (Wildman–Crippen MR) is 69.7 cm³/mol. The summed E-state index contributed by atoms with van der Waals surface area (Å²) in [6, 6.07) is 2.55. The van der Waals surface area contributed by atoms with Crippen molar-refractivity contribution in [3.8, 4) is 0 Å². The van der Waals surface area contributed by atoms with E-state index in [1.807, 2.05) is 4.90 Å². The normalized spacial score (nSPS) is 14.9. The zero-order chi connectivity index (χ0) is 13.3. The van der Waals surface area contributed by atoms with E-state index in [9.17, 15) is 14.9 Å². The molecule has 0 spiro atoms. The van der Waals surface area contributed by atoms with E-state index in [1.165, 1.54) is 12.1 Å². The maximum absolute atomic E-state index is 11.1. The van der Waals surface area contributed by atoms with Crippen LogP contribution in [0.2, 0.25) is 5.02 Å². The molecule has 1 aromatic rings. The van der Waals surface area contributed by atoms with Crippen molar-refractivity contribution in [1.82, 2.24) is 0 Å². The van der Waals surface area contributed by atoms with Gasteiger partial charge in [-0.2, -0.15) is 0 Å². The second kappa shape index (κ2) is 5.12. The molecule has 0 unspecified atom stereocenters. The van der Waals surface area contributed by atoms with E-state index in [0.29, 0.717) is 5.69 Å². The number of halogens is 2. The Bertz CT molecular complexity index is 513. The van der Waals surface area contributed by atoms with E-state index in [4.69, 9.17) is 23.2 Å². The highest BCUT2D eigenvalue weighted by molar-refractivity contribution is 6.67. The number of anilines is 1. The molecule has 18 heavy (non-hydrogen) atoms. The Balaban J connectivity index is 2.56. The third-order valence-electron chi connectivity index (χ3n) is 2.89. The third-order valence-corrected chi connectivity index (χ3v) is 3.40. The Labute approximate surface area is 113 Å². The first-order valence-corrected chi connectivity index (χ1v) is 6.19. The van der Waals surface area contributed by atoms with Crippen molar-refractivity contribution in [2.45, 2.75) is 12.8 Å². The Morgan fingerprint density at radius 3 is 2.44 bits per heavy atom. The Morgan fingerprint density at radius 2 is 1.94 bits per heavy atom. The topological polar surface area (TPSA) is 63.5 Å². The molecular weight excluding hydrogens is 279 g/mol. The second-order valence-electron chi connectivity index (χ2n) is 4.05. The summed E-state index contributed by atoms with van der Waals surface area (Å²) >= 11 is 11.4. The number of nitro groups is 1. The molecular formula is C11H10Cl2N2O3. The lowest BCUT2D eigenvalue weighted by Crippen LogP contribution is -2.19. The van der Waals surface area contributed by atoms with Gasteiger partial charge in [0.2, 0.25) is 0 Å². The lowest BCUT2D eigenvalue weighted by Gasteiger charge is -2.19. The van der Waals surface area contributed by atoms with Crippen LogP contribution >= 0.6 is 23.2 Å². The van der Waals surface area contributed by atoms with Gasteiger partial charge < -0.3 is 4.90 Å². The van der Waals surface area contributed by atoms with E-state index in [-0.39, 0.29) is 16.3 Å². The summed E-state index contributed by atoms with van der Waals surface area (Å²) in [4.78, 5) is 23.5. The number of rotatable bonds is 3. The molecule has 96 valence electrons. The number of benzene rings is 1. The molecule has 0 aliphatic carbocycles. The number of nitro benzene ring substituents is 1. The highest BCUT2D eigenvalue weighted by Gasteiger charge is 2.26. The predicted octanol–water partition coefficient (Wildman–Crippen LogP) is 3.23. The van der Waals surface area contributed by atoms with Crippen LogP contribution in [0.25, 0.3) is 0 Å². The van der Waals surface area contributed by atoms with Crippen LogP contribution < -0.4 is 4.90 Å². The summed E-state index contributed by atoms with van der Waals surface area (Å²) in [7, 11) is 0. The van der Waals surface area contributed by atoms with Crippen molar-refractivity contribution in [2.75, 3.05) is 18.0 Å². The first kappa shape index (κ1) is 13.1. The van der Waals surface area contributed by atoms with Gasteiger partial charge in [0, 0.05) is 24.7 Å². The molecule has 0 radical (unpaired) electrons. The van der Waals surface area contributed by atoms with Crippen LogP contribution in [0.4, 0.5) is 11.4 Å². The van der Waals surface area contributed by atoms with Gasteiger partial charge in [0.1, 0.15) is 5.69 Å². The van der Waals surface area contributed by atoms with E-state index >= 15 is 0 Å². The van der Waals surface area contributed by atoms with Crippen molar-refractivity contribution in [3.05, 3.63) is 32.8 Å². The summed E-state index contributed by atoms with van der Waals surface area (Å²) < 4.78 is 0. The third kappa shape index (κ3) is 2.42. The molecule has 1 aliphatic heterocycles. The average Bonchev–Trinajstić information content (AvgIpc) is 2.80. The van der Waals surface area contributed by atoms with Gasteiger partial charge in [0.25, 0.3) is 10.9 Å². The largest absolute Gasteiger partial charge is 0.365 e. The molecule has 0 atom stereocenters. The van der Waals surface area contributed by atoms with Crippen molar-refractivity contribution >= 4 is 39.8 Å². The summed E-state index contributed by atoms with van der Waals surface area (Å²) in [5, 5.41) is 10.5. The molecule has 0 N–H and O–H groups in total. The zero-order valence-corrected chi connectivity index (χ0v) is 10.9. The van der Waals surface area contributed by atoms with Crippen LogP contribution in [0.3, 0.4) is 0 Å². The number of hydrogen-bond acceptors (Lipinski definition) is 4. The summed E-state index contributed by atoms with van der Waals surface area (Å²) in [6.07, 6.45) is 1.95. The first-order valence-electron chi connectivity index (χ1n) is 5.43. The average molecular weight is 289 g/mol. The minimum atomic E-state index is -0.757. The summed E-state index contributed by atoms with van der Waals surface area (Å²) in [6.45, 7) is 1.46. The fourth-order valence-corrected chi connectivity index (χ4v) is 2.53. The molecule has 2 rings (SSSR count). The van der Waals surface area contributed by atoms with Crippen molar-refractivity contribution in [3.63, 3.8) is 0 Å². The second-order valence-corrected chi connectivity index (χ2v) is 4.80. The summed E-state index contributed by atoms with van der Waals surface area (Å²) in [5.74, 6) is 0. The van der Waals surface area contributed by atoms with E-state index in [1.54, 1.807) is 0 Å². The summed E-state index contributed by atoms with van der Waals surface area (Å²) in [5.41, 5.74) is 0.241. The van der Waals surface area contributed by atoms with Crippen LogP contribution in [0.15, 0.2) is 12.1 Å². The molecule has 0 saturated carbocycles. The molecule has 1 aliphatic rings. The molecule has 1 saturated heterocycles. The molecule has 1 aromatic carbocycles. The first-order chi connectivity index (χ1) is 8.50. The lowest BCUT2D eigenvalue weighted by molar-refractivity contribution is -0.384. The lowest BCUT2D eigenvalue weighted by atomic mass is 10.1. The van der Waals surface area contributed by atoms with Crippen LogP contribution in [0.5, 0.6) is 0 Å². The van der Waals surface area contributed by atoms with Gasteiger partial charge in [0.15, 0.2) is 0 Å². The Kier molecular flexibility index (Phi) is 3.73. The van der Waals surface area contributed by atoms with Gasteiger partial charge >= 0.3 is 0 Å². The monoisotopic (exact) mass is 288 g/mol. The molecule has 7 heteroatoms. The zero-order valence-electron chi connectivity index (χ0n) is 9.36. The maximum Gasteiger partial charge on any atom is 0.294 e. The van der Waals surface area contributed by atoms with Crippen LogP contribution in [-0.4, -0.2) is 23.3 Å². The van der Waals surface area contributed by atoms with E-state index in [2.05, 4.69) is 0 Å². The van der Waals surface area contributed by atoms with Crippen molar-refractivity contribution in [2.24, 2.45) is 0 Å². The van der Waals surface area contributed by atoms with Gasteiger partial charge in [-0.15, -0.1) is 0 Å². The molecule has 5 nitrogen and oxygen atoms in total. The van der Waals surface area contributed by atoms with Crippen LogP contribution in [-0.2, 0) is 0 Å². The molecule has 1 heterocycles. The van der Waals surface area contributed by atoms with Gasteiger partial charge in [-0.1, -0.05) is 11.6 Å². The number of hydrogen-bond donors (Lipinski definition) is 0. The molecule has 0 amide bonds. The Hall–Kier alpha value is -1.33. The van der Waals surface area contributed by atoms with Crippen LogP contribution in [0.1, 0.15) is 23.2 Å². The standard InChI is InChI=1S/C11H10Cl2N2O3/c12-8-5-7(11(13)16)6-9(15(17)18)10(8)14-3-1-2-4-14/h5-6H,1-4H2. The van der Waals surface area contributed by atoms with Gasteiger partial charge in [0.05, 0.1) is 9.95 Å². The highest BCUT2D eigenvalue weighted by atomic mass is 35.5. The highest BCUT2D eigenvalue weighted by Crippen LogP contribution is 2.38. The quantitative estimate of drug-likeness (QED) is 0.487.